The molecule has 0 fully saturated rings. The monoisotopic (exact) mass is 232 g/mol. The zero-order valence-corrected chi connectivity index (χ0v) is 9.14. The van der Waals surface area contributed by atoms with Crippen molar-refractivity contribution in [1.29, 1.82) is 0 Å². The number of sulfonamides is 1. The van der Waals surface area contributed by atoms with Crippen molar-refractivity contribution in [3.8, 4) is 0 Å². The molecule has 1 aromatic heterocycles. The molecule has 0 amide bonds. The minimum Gasteiger partial charge on any atom is -0.239 e. The fourth-order valence-electron chi connectivity index (χ4n) is 1.43. The van der Waals surface area contributed by atoms with Crippen LogP contribution in [-0.2, 0) is 23.1 Å². The standard InChI is InChI=1S/C8H9ClN2O2S/c1-14(12,13)11-4-6-2-3-8(9)10-7(6)5-11/h2-3H,4-5H2,1H3. The summed E-state index contributed by atoms with van der Waals surface area (Å²) in [5.41, 5.74) is 1.68. The molecule has 2 rings (SSSR count). The van der Waals surface area contributed by atoms with Crippen LogP contribution in [0.3, 0.4) is 0 Å². The van der Waals surface area contributed by atoms with Crippen LogP contribution in [0.5, 0.6) is 0 Å². The third kappa shape index (κ3) is 1.75. The largest absolute Gasteiger partial charge is 0.239 e. The summed E-state index contributed by atoms with van der Waals surface area (Å²) in [4.78, 5) is 4.08. The molecule has 6 heteroatoms. The third-order valence-corrected chi connectivity index (χ3v) is 3.58. The van der Waals surface area contributed by atoms with Crippen molar-refractivity contribution >= 4 is 21.6 Å². The summed E-state index contributed by atoms with van der Waals surface area (Å²) in [7, 11) is -3.13. The Hall–Kier alpha value is -0.650. The van der Waals surface area contributed by atoms with Gasteiger partial charge in [-0.25, -0.2) is 13.4 Å². The van der Waals surface area contributed by atoms with Gasteiger partial charge in [0.05, 0.1) is 18.5 Å². The topological polar surface area (TPSA) is 50.3 Å². The van der Waals surface area contributed by atoms with Crippen molar-refractivity contribution in [3.63, 3.8) is 0 Å². The van der Waals surface area contributed by atoms with Crippen LogP contribution in [0.1, 0.15) is 11.3 Å². The first-order chi connectivity index (χ1) is 6.47. The van der Waals surface area contributed by atoms with Gasteiger partial charge in [0.2, 0.25) is 10.0 Å². The second-order valence-electron chi connectivity index (χ2n) is 3.27. The number of fused-ring (bicyclic) bond motifs is 1. The van der Waals surface area contributed by atoms with Crippen molar-refractivity contribution < 1.29 is 8.42 Å². The van der Waals surface area contributed by atoms with Crippen LogP contribution in [0.25, 0.3) is 0 Å². The highest BCUT2D eigenvalue weighted by Crippen LogP contribution is 2.24. The van der Waals surface area contributed by atoms with E-state index in [1.54, 1.807) is 6.07 Å². The molecule has 2 heterocycles. The Morgan fingerprint density at radius 1 is 1.43 bits per heavy atom. The zero-order chi connectivity index (χ0) is 10.3. The average Bonchev–Trinajstić information content (AvgIpc) is 2.45. The van der Waals surface area contributed by atoms with E-state index in [2.05, 4.69) is 4.98 Å². The fourth-order valence-corrected chi connectivity index (χ4v) is 2.33. The van der Waals surface area contributed by atoms with Crippen LogP contribution >= 0.6 is 11.6 Å². The van der Waals surface area contributed by atoms with E-state index < -0.39 is 10.0 Å². The van der Waals surface area contributed by atoms with Gasteiger partial charge in [-0.15, -0.1) is 0 Å². The summed E-state index contributed by atoms with van der Waals surface area (Å²) in [6, 6.07) is 3.49. The number of nitrogens with zero attached hydrogens (tertiary/aromatic N) is 2. The van der Waals surface area contributed by atoms with E-state index in [9.17, 15) is 8.42 Å². The Balaban J connectivity index is 2.35. The van der Waals surface area contributed by atoms with E-state index >= 15 is 0 Å². The molecule has 4 nitrogen and oxygen atoms in total. The van der Waals surface area contributed by atoms with Gasteiger partial charge in [0.25, 0.3) is 0 Å². The lowest BCUT2D eigenvalue weighted by Gasteiger charge is -2.09. The van der Waals surface area contributed by atoms with Crippen molar-refractivity contribution in [1.82, 2.24) is 9.29 Å². The lowest BCUT2D eigenvalue weighted by molar-refractivity contribution is 0.434. The van der Waals surface area contributed by atoms with Crippen LogP contribution in [0.4, 0.5) is 0 Å². The van der Waals surface area contributed by atoms with Crippen LogP contribution in [0.2, 0.25) is 5.15 Å². The number of rotatable bonds is 1. The van der Waals surface area contributed by atoms with Crippen LogP contribution in [0, 0.1) is 0 Å². The van der Waals surface area contributed by atoms with E-state index in [1.807, 2.05) is 6.07 Å². The SMILES string of the molecule is CS(=O)(=O)N1Cc2ccc(Cl)nc2C1. The molecule has 0 aromatic carbocycles. The normalized spacial score (nSPS) is 17.0. The first kappa shape index (κ1) is 9.89. The minimum absolute atomic E-state index is 0.328. The van der Waals surface area contributed by atoms with Gasteiger partial charge in [0.1, 0.15) is 5.15 Å². The number of halogens is 1. The molecule has 1 aliphatic heterocycles. The second-order valence-corrected chi connectivity index (χ2v) is 5.64. The van der Waals surface area contributed by atoms with Crippen LogP contribution < -0.4 is 0 Å². The maximum atomic E-state index is 11.3. The number of hydrogen-bond donors (Lipinski definition) is 0. The van der Waals surface area contributed by atoms with Crippen molar-refractivity contribution in [2.75, 3.05) is 6.26 Å². The number of aromatic nitrogens is 1. The Morgan fingerprint density at radius 3 is 2.79 bits per heavy atom. The molecule has 0 radical (unpaired) electrons. The van der Waals surface area contributed by atoms with Crippen molar-refractivity contribution in [3.05, 3.63) is 28.5 Å². The molecular weight excluding hydrogens is 224 g/mol. The first-order valence-electron chi connectivity index (χ1n) is 4.06. The van der Waals surface area contributed by atoms with Gasteiger partial charge in [0.15, 0.2) is 0 Å². The molecule has 1 aromatic rings. The molecule has 0 bridgehead atoms. The number of pyridine rings is 1. The van der Waals surface area contributed by atoms with E-state index in [4.69, 9.17) is 11.6 Å². The lowest BCUT2D eigenvalue weighted by atomic mass is 10.2. The zero-order valence-electron chi connectivity index (χ0n) is 7.57. The van der Waals surface area contributed by atoms with Gasteiger partial charge in [0, 0.05) is 6.54 Å². The smallest absolute Gasteiger partial charge is 0.211 e. The molecule has 14 heavy (non-hydrogen) atoms. The van der Waals surface area contributed by atoms with E-state index in [0.717, 1.165) is 11.3 Å². The van der Waals surface area contributed by atoms with Gasteiger partial charge < -0.3 is 0 Å². The van der Waals surface area contributed by atoms with Crippen molar-refractivity contribution in [2.24, 2.45) is 0 Å². The Morgan fingerprint density at radius 2 is 2.14 bits per heavy atom. The molecular formula is C8H9ClN2O2S. The van der Waals surface area contributed by atoms with E-state index in [0.29, 0.717) is 18.2 Å². The van der Waals surface area contributed by atoms with Gasteiger partial charge in [-0.3, -0.25) is 0 Å². The summed E-state index contributed by atoms with van der Waals surface area (Å²) in [6.07, 6.45) is 1.19. The highest BCUT2D eigenvalue weighted by molar-refractivity contribution is 7.88. The predicted octanol–water partition coefficient (Wildman–Crippen LogP) is 1.01. The maximum Gasteiger partial charge on any atom is 0.211 e. The minimum atomic E-state index is -3.13. The second kappa shape index (κ2) is 3.18. The molecule has 0 N–H and O–H groups in total. The summed E-state index contributed by atoms with van der Waals surface area (Å²) in [5, 5.41) is 0.402. The molecule has 0 spiro atoms. The Kier molecular flexibility index (Phi) is 2.25. The van der Waals surface area contributed by atoms with Gasteiger partial charge in [-0.05, 0) is 11.6 Å². The molecule has 0 atom stereocenters. The highest BCUT2D eigenvalue weighted by Gasteiger charge is 2.26. The lowest BCUT2D eigenvalue weighted by Crippen LogP contribution is -2.23. The van der Waals surface area contributed by atoms with Crippen molar-refractivity contribution in [2.45, 2.75) is 13.1 Å². The van der Waals surface area contributed by atoms with Gasteiger partial charge in [-0.1, -0.05) is 17.7 Å². The molecule has 1 aliphatic rings. The van der Waals surface area contributed by atoms with E-state index in [-0.39, 0.29) is 0 Å². The number of hydrogen-bond acceptors (Lipinski definition) is 3. The van der Waals surface area contributed by atoms with E-state index in [1.165, 1.54) is 10.6 Å². The Labute approximate surface area is 87.6 Å². The summed E-state index contributed by atoms with van der Waals surface area (Å²) < 4.78 is 23.9. The summed E-state index contributed by atoms with van der Waals surface area (Å²) >= 11 is 5.71. The summed E-state index contributed by atoms with van der Waals surface area (Å²) in [5.74, 6) is 0. The van der Waals surface area contributed by atoms with Crippen LogP contribution in [-0.4, -0.2) is 24.0 Å². The molecule has 0 aliphatic carbocycles. The summed E-state index contributed by atoms with van der Waals surface area (Å²) in [6.45, 7) is 0.729. The Bertz CT molecular complexity index is 472. The average molecular weight is 233 g/mol. The van der Waals surface area contributed by atoms with Crippen LogP contribution in [0.15, 0.2) is 12.1 Å². The fraction of sp³-hybridized carbons (Fsp3) is 0.375. The molecule has 76 valence electrons. The third-order valence-electron chi connectivity index (χ3n) is 2.18. The first-order valence-corrected chi connectivity index (χ1v) is 6.29. The molecule has 0 saturated heterocycles. The van der Waals surface area contributed by atoms with Gasteiger partial charge in [-0.2, -0.15) is 4.31 Å². The predicted molar refractivity (Wildman–Crippen MR) is 53.3 cm³/mol. The maximum absolute atomic E-state index is 11.3. The highest BCUT2D eigenvalue weighted by atomic mass is 35.5. The quantitative estimate of drug-likeness (QED) is 0.679. The van der Waals surface area contributed by atoms with Gasteiger partial charge >= 0.3 is 0 Å². The molecule has 0 saturated carbocycles. The molecule has 0 unspecified atom stereocenters.